The molecule has 1 aromatic heterocycles. The molecule has 0 saturated heterocycles. The Hall–Kier alpha value is -3.43. The van der Waals surface area contributed by atoms with Crippen LogP contribution in [0, 0.1) is 18.3 Å². The SMILES string of the molecule is Cc1cc(=O)c(C(=O)Nc2cccc(C#N)c2)nn1-c1ccccc1Cl. The van der Waals surface area contributed by atoms with E-state index in [0.29, 0.717) is 27.7 Å². The van der Waals surface area contributed by atoms with Crippen LogP contribution in [0.4, 0.5) is 5.69 Å². The second-order valence-electron chi connectivity index (χ2n) is 5.51. The highest BCUT2D eigenvalue weighted by atomic mass is 35.5. The highest BCUT2D eigenvalue weighted by Gasteiger charge is 2.16. The molecule has 1 amide bonds. The lowest BCUT2D eigenvalue weighted by Gasteiger charge is -2.12. The smallest absolute Gasteiger partial charge is 0.280 e. The van der Waals surface area contributed by atoms with Crippen LogP contribution in [0.1, 0.15) is 21.7 Å². The van der Waals surface area contributed by atoms with E-state index < -0.39 is 11.3 Å². The van der Waals surface area contributed by atoms with Crippen LogP contribution in [0.2, 0.25) is 5.02 Å². The number of halogens is 1. The van der Waals surface area contributed by atoms with Crippen LogP contribution in [0.25, 0.3) is 5.69 Å². The fourth-order valence-corrected chi connectivity index (χ4v) is 2.64. The summed E-state index contributed by atoms with van der Waals surface area (Å²) in [5.41, 5.74) is 1.14. The van der Waals surface area contributed by atoms with Crippen molar-refractivity contribution >= 4 is 23.2 Å². The van der Waals surface area contributed by atoms with Gasteiger partial charge in [0.15, 0.2) is 5.69 Å². The fourth-order valence-electron chi connectivity index (χ4n) is 2.43. The van der Waals surface area contributed by atoms with Gasteiger partial charge in [-0.15, -0.1) is 0 Å². The minimum absolute atomic E-state index is 0.266. The van der Waals surface area contributed by atoms with Crippen molar-refractivity contribution in [2.24, 2.45) is 0 Å². The summed E-state index contributed by atoms with van der Waals surface area (Å²) in [4.78, 5) is 24.8. The third kappa shape index (κ3) is 3.48. The first-order valence-corrected chi connectivity index (χ1v) is 8.05. The quantitative estimate of drug-likeness (QED) is 0.772. The first-order chi connectivity index (χ1) is 12.5. The third-order valence-corrected chi connectivity index (χ3v) is 3.97. The molecular weight excluding hydrogens is 352 g/mol. The number of nitriles is 1. The lowest BCUT2D eigenvalue weighted by Crippen LogP contribution is -2.27. The van der Waals surface area contributed by atoms with E-state index in [0.717, 1.165) is 0 Å². The first-order valence-electron chi connectivity index (χ1n) is 7.67. The van der Waals surface area contributed by atoms with Crippen LogP contribution >= 0.6 is 11.6 Å². The van der Waals surface area contributed by atoms with Gasteiger partial charge in [-0.2, -0.15) is 10.4 Å². The lowest BCUT2D eigenvalue weighted by molar-refractivity contribution is 0.101. The van der Waals surface area contributed by atoms with E-state index in [1.807, 2.05) is 6.07 Å². The molecule has 3 aromatic rings. The number of aryl methyl sites for hydroxylation is 1. The molecule has 1 heterocycles. The van der Waals surface area contributed by atoms with Gasteiger partial charge in [-0.25, -0.2) is 4.68 Å². The highest BCUT2D eigenvalue weighted by molar-refractivity contribution is 6.32. The monoisotopic (exact) mass is 364 g/mol. The van der Waals surface area contributed by atoms with Gasteiger partial charge in [-0.3, -0.25) is 9.59 Å². The van der Waals surface area contributed by atoms with Gasteiger partial charge in [-0.05, 0) is 37.3 Å². The number of carbonyl (C=O) groups excluding carboxylic acids is 1. The number of amides is 1. The largest absolute Gasteiger partial charge is 0.320 e. The summed E-state index contributed by atoms with van der Waals surface area (Å²) in [6, 6.07) is 16.7. The topological polar surface area (TPSA) is 87.8 Å². The minimum atomic E-state index is -0.661. The Morgan fingerprint density at radius 3 is 2.69 bits per heavy atom. The number of para-hydroxylation sites is 1. The predicted molar refractivity (Wildman–Crippen MR) is 98.7 cm³/mol. The third-order valence-electron chi connectivity index (χ3n) is 3.65. The molecule has 0 aliphatic heterocycles. The van der Waals surface area contributed by atoms with Gasteiger partial charge < -0.3 is 5.32 Å². The average molecular weight is 365 g/mol. The molecule has 6 nitrogen and oxygen atoms in total. The Bertz CT molecular complexity index is 1100. The van der Waals surface area contributed by atoms with Crippen molar-refractivity contribution in [1.29, 1.82) is 5.26 Å². The zero-order valence-electron chi connectivity index (χ0n) is 13.7. The maximum atomic E-state index is 12.5. The molecule has 2 aromatic carbocycles. The first kappa shape index (κ1) is 17.4. The van der Waals surface area contributed by atoms with Gasteiger partial charge >= 0.3 is 0 Å². The molecule has 0 fully saturated rings. The maximum Gasteiger partial charge on any atom is 0.280 e. The average Bonchev–Trinajstić information content (AvgIpc) is 2.63. The van der Waals surface area contributed by atoms with Crippen molar-refractivity contribution in [2.45, 2.75) is 6.92 Å². The molecule has 3 rings (SSSR count). The Labute approximate surface area is 154 Å². The second kappa shape index (κ2) is 7.21. The molecule has 26 heavy (non-hydrogen) atoms. The molecule has 0 unspecified atom stereocenters. The van der Waals surface area contributed by atoms with Crippen molar-refractivity contribution in [3.63, 3.8) is 0 Å². The van der Waals surface area contributed by atoms with Gasteiger partial charge in [0.2, 0.25) is 5.43 Å². The summed E-state index contributed by atoms with van der Waals surface area (Å²) < 4.78 is 1.45. The molecule has 0 bridgehead atoms. The number of hydrogen-bond donors (Lipinski definition) is 1. The molecule has 128 valence electrons. The maximum absolute atomic E-state index is 12.5. The van der Waals surface area contributed by atoms with Crippen LogP contribution in [-0.2, 0) is 0 Å². The molecule has 0 aliphatic rings. The van der Waals surface area contributed by atoms with Crippen LogP contribution < -0.4 is 10.7 Å². The molecule has 0 radical (unpaired) electrons. The standard InChI is InChI=1S/C19H13ClN4O2/c1-12-9-17(25)18(23-24(12)16-8-3-2-7-15(16)20)19(26)22-14-6-4-5-13(10-14)11-21/h2-10H,1H3,(H,22,26). The van der Waals surface area contributed by atoms with E-state index in [2.05, 4.69) is 10.4 Å². The van der Waals surface area contributed by atoms with Crippen LogP contribution in [0.5, 0.6) is 0 Å². The summed E-state index contributed by atoms with van der Waals surface area (Å²) in [5.74, 6) is -0.661. The van der Waals surface area contributed by atoms with Crippen LogP contribution in [-0.4, -0.2) is 15.7 Å². The molecule has 0 spiro atoms. The van der Waals surface area contributed by atoms with E-state index in [-0.39, 0.29) is 5.69 Å². The molecule has 7 heteroatoms. The Morgan fingerprint density at radius 1 is 1.19 bits per heavy atom. The molecule has 0 saturated carbocycles. The Morgan fingerprint density at radius 2 is 1.96 bits per heavy atom. The van der Waals surface area contributed by atoms with E-state index in [1.165, 1.54) is 16.8 Å². The van der Waals surface area contributed by atoms with Crippen molar-refractivity contribution in [3.05, 3.63) is 86.8 Å². The number of benzene rings is 2. The number of rotatable bonds is 3. The summed E-state index contributed by atoms with van der Waals surface area (Å²) >= 11 is 6.20. The van der Waals surface area contributed by atoms with E-state index >= 15 is 0 Å². The van der Waals surface area contributed by atoms with Crippen molar-refractivity contribution in [2.75, 3.05) is 5.32 Å². The van der Waals surface area contributed by atoms with E-state index in [1.54, 1.807) is 49.4 Å². The Balaban J connectivity index is 2.01. The summed E-state index contributed by atoms with van der Waals surface area (Å²) in [6.45, 7) is 1.70. The summed E-state index contributed by atoms with van der Waals surface area (Å²) in [6.07, 6.45) is 0. The second-order valence-corrected chi connectivity index (χ2v) is 5.92. The number of nitrogens with zero attached hydrogens (tertiary/aromatic N) is 3. The van der Waals surface area contributed by atoms with Gasteiger partial charge in [0.1, 0.15) is 0 Å². The number of hydrogen-bond acceptors (Lipinski definition) is 4. The highest BCUT2D eigenvalue weighted by Crippen LogP contribution is 2.20. The van der Waals surface area contributed by atoms with Crippen LogP contribution in [0.15, 0.2) is 59.4 Å². The van der Waals surface area contributed by atoms with E-state index in [4.69, 9.17) is 16.9 Å². The van der Waals surface area contributed by atoms with Gasteiger partial charge in [0.25, 0.3) is 5.91 Å². The zero-order chi connectivity index (χ0) is 18.7. The predicted octanol–water partition coefficient (Wildman–Crippen LogP) is 3.32. The van der Waals surface area contributed by atoms with Gasteiger partial charge in [-0.1, -0.05) is 29.8 Å². The lowest BCUT2D eigenvalue weighted by atomic mass is 10.2. The molecule has 0 atom stereocenters. The van der Waals surface area contributed by atoms with Gasteiger partial charge in [0, 0.05) is 17.4 Å². The summed E-state index contributed by atoms with van der Waals surface area (Å²) in [7, 11) is 0. The number of aromatic nitrogens is 2. The van der Waals surface area contributed by atoms with Gasteiger partial charge in [0.05, 0.1) is 22.3 Å². The molecule has 0 aliphatic carbocycles. The van der Waals surface area contributed by atoms with Crippen molar-refractivity contribution < 1.29 is 4.79 Å². The number of carbonyl (C=O) groups is 1. The molecule has 1 N–H and O–H groups in total. The zero-order valence-corrected chi connectivity index (χ0v) is 14.5. The summed E-state index contributed by atoms with van der Waals surface area (Å²) in [5, 5.41) is 16.2. The van der Waals surface area contributed by atoms with Crippen LogP contribution in [0.3, 0.4) is 0 Å². The minimum Gasteiger partial charge on any atom is -0.320 e. The normalized spacial score (nSPS) is 10.2. The molecular formula is C19H13ClN4O2. The number of nitrogens with one attached hydrogen (secondary N) is 1. The van der Waals surface area contributed by atoms with E-state index in [9.17, 15) is 9.59 Å². The number of anilines is 1. The van der Waals surface area contributed by atoms with Crippen molar-refractivity contribution in [3.8, 4) is 11.8 Å². The Kier molecular flexibility index (Phi) is 4.83. The van der Waals surface area contributed by atoms with Crippen molar-refractivity contribution in [1.82, 2.24) is 9.78 Å². The fraction of sp³-hybridized carbons (Fsp3) is 0.0526.